The Morgan fingerprint density at radius 2 is 2.16 bits per heavy atom. The van der Waals surface area contributed by atoms with Crippen molar-refractivity contribution in [3.8, 4) is 0 Å². The molecular weight excluding hydrogens is 248 g/mol. The molecule has 0 amide bonds. The molecule has 0 bridgehead atoms. The number of esters is 1. The lowest BCUT2D eigenvalue weighted by molar-refractivity contribution is -0.144. The largest absolute Gasteiger partial charge is 0.468 e. The molecular formula is C13H20N2O4. The number of ether oxygens (including phenoxy) is 2. The fourth-order valence-electron chi connectivity index (χ4n) is 2.10. The molecule has 0 saturated heterocycles. The van der Waals surface area contributed by atoms with Crippen molar-refractivity contribution in [2.75, 3.05) is 13.7 Å². The molecule has 1 unspecified atom stereocenters. The van der Waals surface area contributed by atoms with Gasteiger partial charge < -0.3 is 14.0 Å². The summed E-state index contributed by atoms with van der Waals surface area (Å²) >= 11 is 0. The zero-order valence-electron chi connectivity index (χ0n) is 11.9. The number of methoxy groups -OCH3 is 1. The molecule has 1 heterocycles. The first-order chi connectivity index (χ1) is 9.02. The molecule has 0 radical (unpaired) electrons. The molecule has 0 N–H and O–H groups in total. The minimum Gasteiger partial charge on any atom is -0.468 e. The second-order valence-electron chi connectivity index (χ2n) is 5.01. The zero-order valence-corrected chi connectivity index (χ0v) is 11.9. The molecule has 1 saturated carbocycles. The Balaban J connectivity index is 2.27. The van der Waals surface area contributed by atoms with Crippen molar-refractivity contribution in [3.05, 3.63) is 11.7 Å². The summed E-state index contributed by atoms with van der Waals surface area (Å²) in [7, 11) is 1.37. The van der Waals surface area contributed by atoms with Crippen LogP contribution in [0.5, 0.6) is 0 Å². The Hall–Kier alpha value is -1.43. The fraction of sp³-hybridized carbons (Fsp3) is 0.769. The molecule has 0 spiro atoms. The van der Waals surface area contributed by atoms with E-state index in [4.69, 9.17) is 14.0 Å². The lowest BCUT2D eigenvalue weighted by Crippen LogP contribution is -2.27. The number of carbonyl (C=O) groups is 1. The monoisotopic (exact) mass is 268 g/mol. The Morgan fingerprint density at radius 1 is 1.47 bits per heavy atom. The van der Waals surface area contributed by atoms with Gasteiger partial charge in [0.2, 0.25) is 11.7 Å². The minimum absolute atomic E-state index is 0.308. The summed E-state index contributed by atoms with van der Waals surface area (Å²) in [6.45, 7) is 6.41. The molecule has 1 aliphatic carbocycles. The maximum absolute atomic E-state index is 11.8. The van der Waals surface area contributed by atoms with Crippen molar-refractivity contribution >= 4 is 5.97 Å². The van der Waals surface area contributed by atoms with E-state index in [-0.39, 0.29) is 5.97 Å². The molecule has 0 aliphatic heterocycles. The van der Waals surface area contributed by atoms with Crippen molar-refractivity contribution < 1.29 is 18.8 Å². The van der Waals surface area contributed by atoms with E-state index >= 15 is 0 Å². The van der Waals surface area contributed by atoms with E-state index in [2.05, 4.69) is 10.1 Å². The number of rotatable bonds is 6. The van der Waals surface area contributed by atoms with E-state index in [1.54, 1.807) is 0 Å². The Morgan fingerprint density at radius 3 is 2.63 bits per heavy atom. The normalized spacial score (nSPS) is 19.8. The van der Waals surface area contributed by atoms with Crippen LogP contribution in [-0.2, 0) is 25.3 Å². The van der Waals surface area contributed by atoms with Gasteiger partial charge in [0.1, 0.15) is 11.0 Å². The van der Waals surface area contributed by atoms with E-state index in [0.717, 1.165) is 6.42 Å². The van der Waals surface area contributed by atoms with Crippen LogP contribution in [0.1, 0.15) is 51.7 Å². The average Bonchev–Trinajstić information content (AvgIpc) is 3.07. The second-order valence-corrected chi connectivity index (χ2v) is 5.01. The SMILES string of the molecule is CCOC(C)(CC)c1noc(C2(C(=O)OC)CC2)n1. The maximum Gasteiger partial charge on any atom is 0.321 e. The van der Waals surface area contributed by atoms with Gasteiger partial charge in [-0.25, -0.2) is 0 Å². The quantitative estimate of drug-likeness (QED) is 0.734. The smallest absolute Gasteiger partial charge is 0.321 e. The lowest BCUT2D eigenvalue weighted by Gasteiger charge is -2.23. The first kappa shape index (κ1) is 14.0. The summed E-state index contributed by atoms with van der Waals surface area (Å²) in [4.78, 5) is 16.1. The number of hydrogen-bond acceptors (Lipinski definition) is 6. The first-order valence-corrected chi connectivity index (χ1v) is 6.59. The predicted molar refractivity (Wildman–Crippen MR) is 66.5 cm³/mol. The van der Waals surface area contributed by atoms with Crippen molar-refractivity contribution in [1.82, 2.24) is 10.1 Å². The molecule has 1 aromatic heterocycles. The van der Waals surface area contributed by atoms with Gasteiger partial charge in [0.25, 0.3) is 0 Å². The number of aromatic nitrogens is 2. The highest BCUT2D eigenvalue weighted by atomic mass is 16.5. The van der Waals surface area contributed by atoms with Gasteiger partial charge in [0, 0.05) is 6.61 Å². The van der Waals surface area contributed by atoms with Gasteiger partial charge in [0.05, 0.1) is 7.11 Å². The van der Waals surface area contributed by atoms with Crippen LogP contribution in [-0.4, -0.2) is 29.8 Å². The van der Waals surface area contributed by atoms with Gasteiger partial charge in [-0.15, -0.1) is 0 Å². The topological polar surface area (TPSA) is 74.5 Å². The third-order valence-corrected chi connectivity index (χ3v) is 3.77. The van der Waals surface area contributed by atoms with E-state index in [1.807, 2.05) is 20.8 Å². The molecule has 1 atom stereocenters. The van der Waals surface area contributed by atoms with Crippen molar-refractivity contribution in [2.24, 2.45) is 0 Å². The van der Waals surface area contributed by atoms with Crippen LogP contribution in [0.3, 0.4) is 0 Å². The minimum atomic E-state index is -0.721. The third-order valence-electron chi connectivity index (χ3n) is 3.77. The lowest BCUT2D eigenvalue weighted by atomic mass is 10.0. The van der Waals surface area contributed by atoms with Crippen LogP contribution in [0.15, 0.2) is 4.52 Å². The van der Waals surface area contributed by atoms with E-state index in [1.165, 1.54) is 7.11 Å². The highest BCUT2D eigenvalue weighted by Crippen LogP contribution is 2.48. The van der Waals surface area contributed by atoms with Crippen LogP contribution in [0, 0.1) is 0 Å². The van der Waals surface area contributed by atoms with Gasteiger partial charge >= 0.3 is 5.97 Å². The molecule has 1 aromatic rings. The van der Waals surface area contributed by atoms with Gasteiger partial charge in [0.15, 0.2) is 0 Å². The Kier molecular flexibility index (Phi) is 3.62. The molecule has 6 nitrogen and oxygen atoms in total. The average molecular weight is 268 g/mol. The summed E-state index contributed by atoms with van der Waals surface area (Å²) in [6.07, 6.45) is 2.11. The van der Waals surface area contributed by atoms with Crippen LogP contribution >= 0.6 is 0 Å². The van der Waals surface area contributed by atoms with Crippen molar-refractivity contribution in [2.45, 2.75) is 51.0 Å². The maximum atomic E-state index is 11.8. The van der Waals surface area contributed by atoms with E-state index in [9.17, 15) is 4.79 Å². The van der Waals surface area contributed by atoms with Gasteiger partial charge in [-0.3, -0.25) is 4.79 Å². The van der Waals surface area contributed by atoms with Gasteiger partial charge in [-0.2, -0.15) is 4.98 Å². The fourth-order valence-corrected chi connectivity index (χ4v) is 2.10. The number of nitrogens with zero attached hydrogens (tertiary/aromatic N) is 2. The summed E-state index contributed by atoms with van der Waals surface area (Å²) in [6, 6.07) is 0. The Labute approximate surface area is 112 Å². The van der Waals surface area contributed by atoms with Gasteiger partial charge in [-0.05, 0) is 33.1 Å². The van der Waals surface area contributed by atoms with Crippen LogP contribution in [0.25, 0.3) is 0 Å². The molecule has 1 aliphatic rings. The van der Waals surface area contributed by atoms with E-state index < -0.39 is 11.0 Å². The highest BCUT2D eigenvalue weighted by Gasteiger charge is 2.57. The van der Waals surface area contributed by atoms with Crippen LogP contribution < -0.4 is 0 Å². The summed E-state index contributed by atoms with van der Waals surface area (Å²) in [5.74, 6) is 0.521. The molecule has 19 heavy (non-hydrogen) atoms. The molecule has 106 valence electrons. The van der Waals surface area contributed by atoms with Crippen LogP contribution in [0.4, 0.5) is 0 Å². The summed E-state index contributed by atoms with van der Waals surface area (Å²) in [5.41, 5.74) is -1.30. The van der Waals surface area contributed by atoms with Crippen LogP contribution in [0.2, 0.25) is 0 Å². The van der Waals surface area contributed by atoms with Crippen molar-refractivity contribution in [1.29, 1.82) is 0 Å². The first-order valence-electron chi connectivity index (χ1n) is 6.59. The highest BCUT2D eigenvalue weighted by molar-refractivity contribution is 5.85. The molecule has 1 fully saturated rings. The van der Waals surface area contributed by atoms with Crippen molar-refractivity contribution in [3.63, 3.8) is 0 Å². The van der Waals surface area contributed by atoms with Gasteiger partial charge in [-0.1, -0.05) is 12.1 Å². The van der Waals surface area contributed by atoms with E-state index in [0.29, 0.717) is 31.2 Å². The summed E-state index contributed by atoms with van der Waals surface area (Å²) < 4.78 is 15.8. The predicted octanol–water partition coefficient (Wildman–Crippen LogP) is 1.94. The Bertz CT molecular complexity index is 467. The number of carbonyl (C=O) groups excluding carboxylic acids is 1. The molecule has 0 aromatic carbocycles. The summed E-state index contributed by atoms with van der Waals surface area (Å²) in [5, 5.41) is 3.98. The molecule has 2 rings (SSSR count). The third kappa shape index (κ3) is 2.25. The number of hydrogen-bond donors (Lipinski definition) is 0. The molecule has 6 heteroatoms. The zero-order chi connectivity index (χ0) is 14.1. The standard InChI is InChI=1S/C13H20N2O4/c1-5-12(3,18-6-2)9-14-10(19-15-9)13(7-8-13)11(16)17-4/h5-8H2,1-4H3. The second kappa shape index (κ2) is 4.92.